The average molecular weight is 497 g/mol. The zero-order chi connectivity index (χ0) is 25.4. The molecule has 0 N–H and O–H groups in total. The van der Waals surface area contributed by atoms with Crippen LogP contribution in [0.2, 0.25) is 0 Å². The molecule has 13 heteroatoms. The Labute approximate surface area is 192 Å². The second kappa shape index (κ2) is 8.81. The van der Waals surface area contributed by atoms with Gasteiger partial charge in [0.25, 0.3) is 0 Å². The van der Waals surface area contributed by atoms with Gasteiger partial charge in [0.2, 0.25) is 0 Å². The van der Waals surface area contributed by atoms with Gasteiger partial charge in [-0.25, -0.2) is 9.48 Å². The van der Waals surface area contributed by atoms with Gasteiger partial charge in [-0.05, 0) is 24.3 Å². The number of halogens is 6. The van der Waals surface area contributed by atoms with Crippen LogP contribution in [0.25, 0.3) is 28.3 Å². The molecule has 7 nitrogen and oxygen atoms in total. The monoisotopic (exact) mass is 497 g/mol. The quantitative estimate of drug-likeness (QED) is 0.252. The Bertz CT molecular complexity index is 1340. The molecule has 0 radical (unpaired) electrons. The van der Waals surface area contributed by atoms with E-state index in [-0.39, 0.29) is 16.9 Å². The molecule has 0 atom stereocenters. The average Bonchev–Trinajstić information content (AvgIpc) is 3.43. The van der Waals surface area contributed by atoms with Gasteiger partial charge in [0.05, 0.1) is 24.6 Å². The maximum Gasteiger partial charge on any atom is 0.573 e. The van der Waals surface area contributed by atoms with Gasteiger partial charge in [-0.3, -0.25) is 0 Å². The highest BCUT2D eigenvalue weighted by Gasteiger charge is 2.42. The molecule has 0 saturated carbocycles. The Hall–Kier alpha value is -4.29. The molecule has 0 bridgehead atoms. The highest BCUT2D eigenvalue weighted by atomic mass is 19.4. The van der Waals surface area contributed by atoms with Crippen LogP contribution in [0.3, 0.4) is 0 Å². The number of esters is 1. The van der Waals surface area contributed by atoms with E-state index in [4.69, 9.17) is 9.26 Å². The fraction of sp³-hybridized carbons (Fsp3) is 0.136. The Kier molecular flexibility index (Phi) is 6.01. The normalized spacial score (nSPS) is 12.0. The van der Waals surface area contributed by atoms with Crippen LogP contribution in [0.4, 0.5) is 26.3 Å². The zero-order valence-corrected chi connectivity index (χ0v) is 17.5. The Morgan fingerprint density at radius 2 is 1.63 bits per heavy atom. The van der Waals surface area contributed by atoms with Crippen LogP contribution in [0.5, 0.6) is 5.75 Å². The summed E-state index contributed by atoms with van der Waals surface area (Å²) in [5.41, 5.74) is -2.18. The lowest BCUT2D eigenvalue weighted by Crippen LogP contribution is -2.17. The number of hydrogen-bond donors (Lipinski definition) is 0. The molecule has 2 heterocycles. The summed E-state index contributed by atoms with van der Waals surface area (Å²) in [6.07, 6.45) is -9.17. The molecule has 2 aromatic carbocycles. The summed E-state index contributed by atoms with van der Waals surface area (Å²) in [5.74, 6) is -2.15. The van der Waals surface area contributed by atoms with E-state index in [0.29, 0.717) is 10.2 Å². The van der Waals surface area contributed by atoms with Crippen molar-refractivity contribution in [1.82, 2.24) is 14.9 Å². The number of aromatic nitrogens is 3. The van der Waals surface area contributed by atoms with Crippen molar-refractivity contribution in [3.8, 4) is 34.0 Å². The molecule has 0 fully saturated rings. The van der Waals surface area contributed by atoms with Crippen LogP contribution >= 0.6 is 0 Å². The van der Waals surface area contributed by atoms with Gasteiger partial charge in [0, 0.05) is 5.56 Å². The van der Waals surface area contributed by atoms with Crippen molar-refractivity contribution in [3.63, 3.8) is 0 Å². The number of carbonyl (C=O) groups excluding carboxylic acids is 1. The lowest BCUT2D eigenvalue weighted by Gasteiger charge is -2.13. The molecule has 0 aliphatic carbocycles. The third-order valence-electron chi connectivity index (χ3n) is 4.73. The van der Waals surface area contributed by atoms with Crippen LogP contribution in [-0.4, -0.2) is 34.4 Å². The molecule has 0 amide bonds. The predicted octanol–water partition coefficient (Wildman–Crippen LogP) is 5.90. The second-order valence-electron chi connectivity index (χ2n) is 6.95. The Morgan fingerprint density at radius 3 is 2.20 bits per heavy atom. The molecule has 35 heavy (non-hydrogen) atoms. The van der Waals surface area contributed by atoms with E-state index in [0.717, 1.165) is 37.6 Å². The predicted molar refractivity (Wildman–Crippen MR) is 108 cm³/mol. The molecular weight excluding hydrogens is 484 g/mol. The lowest BCUT2D eigenvalue weighted by molar-refractivity contribution is -0.274. The van der Waals surface area contributed by atoms with Crippen LogP contribution in [0.15, 0.2) is 65.3 Å². The van der Waals surface area contributed by atoms with Gasteiger partial charge >= 0.3 is 18.5 Å². The number of carbonyl (C=O) groups is 1. The standard InChI is InChI=1S/C22H13F6N3O4/c1-33-20(32)16-17(12-5-3-2-4-6-12)30-35-18(16)15-11-29-31(19(15)21(23,24)25)13-7-9-14(10-8-13)34-22(26,27)28/h2-11H,1H3. The number of ether oxygens (including phenoxy) is 2. The van der Waals surface area contributed by atoms with Crippen LogP contribution in [0, 0.1) is 0 Å². The minimum absolute atomic E-state index is 0.0398. The largest absolute Gasteiger partial charge is 0.573 e. The highest BCUT2D eigenvalue weighted by Crippen LogP contribution is 2.42. The van der Waals surface area contributed by atoms with E-state index in [2.05, 4.69) is 15.0 Å². The molecule has 182 valence electrons. The van der Waals surface area contributed by atoms with Crippen molar-refractivity contribution in [1.29, 1.82) is 0 Å². The molecule has 2 aromatic heterocycles. The summed E-state index contributed by atoms with van der Waals surface area (Å²) in [7, 11) is 1.05. The molecule has 0 unspecified atom stereocenters. The minimum Gasteiger partial charge on any atom is -0.465 e. The molecule has 4 aromatic rings. The first-order chi connectivity index (χ1) is 16.5. The van der Waals surface area contributed by atoms with Crippen molar-refractivity contribution in [3.05, 3.63) is 72.1 Å². The minimum atomic E-state index is -5.01. The molecule has 4 rings (SSSR count). The van der Waals surface area contributed by atoms with Gasteiger partial charge in [0.15, 0.2) is 11.5 Å². The highest BCUT2D eigenvalue weighted by molar-refractivity contribution is 6.02. The van der Waals surface area contributed by atoms with Crippen LogP contribution in [0.1, 0.15) is 16.1 Å². The molecule has 0 saturated heterocycles. The van der Waals surface area contributed by atoms with Gasteiger partial charge in [-0.1, -0.05) is 35.5 Å². The van der Waals surface area contributed by atoms with Gasteiger partial charge in [0.1, 0.15) is 17.0 Å². The molecule has 0 spiro atoms. The molecule has 0 aliphatic heterocycles. The van der Waals surface area contributed by atoms with Crippen LogP contribution < -0.4 is 4.74 Å². The summed E-state index contributed by atoms with van der Waals surface area (Å²) < 4.78 is 93.7. The van der Waals surface area contributed by atoms with Gasteiger partial charge in [-0.2, -0.15) is 18.3 Å². The first kappa shape index (κ1) is 23.9. The van der Waals surface area contributed by atoms with E-state index in [9.17, 15) is 31.1 Å². The molecule has 0 aliphatic rings. The summed E-state index contributed by atoms with van der Waals surface area (Å²) in [6, 6.07) is 11.7. The number of hydrogen-bond acceptors (Lipinski definition) is 6. The van der Waals surface area contributed by atoms with Crippen molar-refractivity contribution in [2.24, 2.45) is 0 Å². The lowest BCUT2D eigenvalue weighted by atomic mass is 10.0. The van der Waals surface area contributed by atoms with E-state index >= 15 is 0 Å². The second-order valence-corrected chi connectivity index (χ2v) is 6.95. The fourth-order valence-electron chi connectivity index (χ4n) is 3.33. The third kappa shape index (κ3) is 4.83. The summed E-state index contributed by atoms with van der Waals surface area (Å²) in [4.78, 5) is 12.5. The van der Waals surface area contributed by atoms with Crippen molar-refractivity contribution >= 4 is 5.97 Å². The fourth-order valence-corrected chi connectivity index (χ4v) is 3.33. The topological polar surface area (TPSA) is 79.4 Å². The van der Waals surface area contributed by atoms with E-state index in [1.54, 1.807) is 30.3 Å². The Balaban J connectivity index is 1.86. The van der Waals surface area contributed by atoms with E-state index in [1.807, 2.05) is 0 Å². The maximum atomic E-state index is 14.1. The third-order valence-corrected chi connectivity index (χ3v) is 4.73. The maximum absolute atomic E-state index is 14.1. The van der Waals surface area contributed by atoms with E-state index in [1.165, 1.54) is 0 Å². The number of methoxy groups -OCH3 is 1. The van der Waals surface area contributed by atoms with Crippen molar-refractivity contribution < 1.29 is 45.1 Å². The van der Waals surface area contributed by atoms with Gasteiger partial charge in [-0.15, -0.1) is 13.2 Å². The van der Waals surface area contributed by atoms with E-state index < -0.39 is 41.3 Å². The number of nitrogens with zero attached hydrogens (tertiary/aromatic N) is 3. The smallest absolute Gasteiger partial charge is 0.465 e. The number of benzene rings is 2. The SMILES string of the molecule is COC(=O)c1c(-c2ccccc2)noc1-c1cnn(-c2ccc(OC(F)(F)F)cc2)c1C(F)(F)F. The van der Waals surface area contributed by atoms with Gasteiger partial charge < -0.3 is 14.0 Å². The number of alkyl halides is 6. The van der Waals surface area contributed by atoms with Crippen molar-refractivity contribution in [2.75, 3.05) is 7.11 Å². The summed E-state index contributed by atoms with van der Waals surface area (Å²) in [5, 5.41) is 7.51. The summed E-state index contributed by atoms with van der Waals surface area (Å²) >= 11 is 0. The summed E-state index contributed by atoms with van der Waals surface area (Å²) in [6.45, 7) is 0. The molecular formula is C22H13F6N3O4. The van der Waals surface area contributed by atoms with Crippen LogP contribution in [-0.2, 0) is 10.9 Å². The van der Waals surface area contributed by atoms with Crippen molar-refractivity contribution in [2.45, 2.75) is 12.5 Å². The first-order valence-electron chi connectivity index (χ1n) is 9.65. The zero-order valence-electron chi connectivity index (χ0n) is 17.5. The Morgan fingerprint density at radius 1 is 0.971 bits per heavy atom. The first-order valence-corrected chi connectivity index (χ1v) is 9.65. The number of rotatable bonds is 5.